The highest BCUT2D eigenvalue weighted by Crippen LogP contribution is 2.14. The molecule has 2 aromatic rings. The van der Waals surface area contributed by atoms with Gasteiger partial charge in [-0.1, -0.05) is 29.5 Å². The molecule has 5 heteroatoms. The van der Waals surface area contributed by atoms with Crippen molar-refractivity contribution in [3.63, 3.8) is 0 Å². The third-order valence-corrected chi connectivity index (χ3v) is 3.68. The Labute approximate surface area is 109 Å². The lowest BCUT2D eigenvalue weighted by Gasteiger charge is -1.97. The Hall–Kier alpha value is -1.88. The molecule has 0 bridgehead atoms. The minimum absolute atomic E-state index is 0.0904. The summed E-state index contributed by atoms with van der Waals surface area (Å²) in [6, 6.07) is 8.05. The second-order valence-corrected chi connectivity index (χ2v) is 4.89. The first-order valence-electron chi connectivity index (χ1n) is 5.70. The lowest BCUT2D eigenvalue weighted by Crippen LogP contribution is -2.22. The molecule has 0 aliphatic rings. The number of rotatable bonds is 4. The van der Waals surface area contributed by atoms with Gasteiger partial charge in [0, 0.05) is 13.5 Å². The van der Waals surface area contributed by atoms with E-state index in [9.17, 15) is 4.79 Å². The summed E-state index contributed by atoms with van der Waals surface area (Å²) in [4.78, 5) is 12.2. The third-order valence-electron chi connectivity index (χ3n) is 2.57. The average molecular weight is 261 g/mol. The maximum absolute atomic E-state index is 11.4. The molecule has 0 saturated carbocycles. The minimum atomic E-state index is -0.0904. The molecule has 0 aliphatic heterocycles. The van der Waals surface area contributed by atoms with Crippen LogP contribution in [0.1, 0.15) is 12.8 Å². The molecule has 4 nitrogen and oxygen atoms in total. The van der Waals surface area contributed by atoms with Gasteiger partial charge in [0.2, 0.25) is 10.7 Å². The summed E-state index contributed by atoms with van der Waals surface area (Å²) in [6.07, 6.45) is 2.81. The number of hydrogen-bond donors (Lipinski definition) is 1. The number of aromatic nitrogens is 1. The van der Waals surface area contributed by atoms with Crippen molar-refractivity contribution in [2.45, 2.75) is 12.8 Å². The van der Waals surface area contributed by atoms with Gasteiger partial charge in [-0.3, -0.25) is 4.79 Å². The zero-order valence-corrected chi connectivity index (χ0v) is 11.0. The number of aryl methyl sites for hydroxylation is 1. The zero-order chi connectivity index (χ0) is 13.0. The first-order valence-corrected chi connectivity index (χ1v) is 6.52. The van der Waals surface area contributed by atoms with Crippen molar-refractivity contribution in [3.05, 3.63) is 41.7 Å². The SMILES string of the molecule is C=CCCC(=O)N/N=c1\sc2ccccc2n1C. The van der Waals surface area contributed by atoms with E-state index in [-0.39, 0.29) is 5.91 Å². The van der Waals surface area contributed by atoms with Gasteiger partial charge in [-0.25, -0.2) is 5.43 Å². The van der Waals surface area contributed by atoms with E-state index < -0.39 is 0 Å². The van der Waals surface area contributed by atoms with Crippen LogP contribution >= 0.6 is 11.3 Å². The fourth-order valence-corrected chi connectivity index (χ4v) is 2.57. The Morgan fingerprint density at radius 3 is 3.06 bits per heavy atom. The van der Waals surface area contributed by atoms with E-state index in [1.165, 1.54) is 0 Å². The van der Waals surface area contributed by atoms with Crippen molar-refractivity contribution in [2.75, 3.05) is 0 Å². The molecular weight excluding hydrogens is 246 g/mol. The van der Waals surface area contributed by atoms with Crippen LogP contribution in [0, 0.1) is 0 Å². The highest BCUT2D eigenvalue weighted by atomic mass is 32.1. The van der Waals surface area contributed by atoms with Gasteiger partial charge in [-0.2, -0.15) is 0 Å². The fraction of sp³-hybridized carbons (Fsp3) is 0.231. The predicted molar refractivity (Wildman–Crippen MR) is 73.9 cm³/mol. The van der Waals surface area contributed by atoms with E-state index in [0.717, 1.165) is 15.0 Å². The standard InChI is InChI=1S/C13H15N3OS/c1-3-4-9-12(17)14-15-13-16(2)10-7-5-6-8-11(10)18-13/h3,5-8H,1,4,9H2,2H3,(H,14,17)/b15-13-. The number of hydrogen-bond acceptors (Lipinski definition) is 3. The largest absolute Gasteiger partial charge is 0.318 e. The van der Waals surface area contributed by atoms with E-state index in [1.54, 1.807) is 17.4 Å². The van der Waals surface area contributed by atoms with Crippen LogP contribution in [0.5, 0.6) is 0 Å². The van der Waals surface area contributed by atoms with Crippen LogP contribution in [-0.2, 0) is 11.8 Å². The Bertz CT molecular complexity index is 639. The minimum Gasteiger partial charge on any atom is -0.318 e. The molecule has 0 fully saturated rings. The predicted octanol–water partition coefficient (Wildman–Crippen LogP) is 2.14. The van der Waals surface area contributed by atoms with Crippen LogP contribution in [-0.4, -0.2) is 10.5 Å². The zero-order valence-electron chi connectivity index (χ0n) is 10.2. The number of fused-ring (bicyclic) bond motifs is 1. The van der Waals surface area contributed by atoms with Gasteiger partial charge in [0.05, 0.1) is 10.2 Å². The second kappa shape index (κ2) is 5.64. The Kier molecular flexibility index (Phi) is 3.94. The maximum Gasteiger partial charge on any atom is 0.240 e. The summed E-state index contributed by atoms with van der Waals surface area (Å²) in [6.45, 7) is 3.58. The molecule has 0 aliphatic carbocycles. The van der Waals surface area contributed by atoms with E-state index in [4.69, 9.17) is 0 Å². The molecule has 0 unspecified atom stereocenters. The number of carbonyl (C=O) groups is 1. The van der Waals surface area contributed by atoms with Gasteiger partial charge in [0.1, 0.15) is 0 Å². The van der Waals surface area contributed by atoms with Crippen molar-refractivity contribution in [3.8, 4) is 0 Å². The molecule has 1 aromatic heterocycles. The van der Waals surface area contributed by atoms with Crippen molar-refractivity contribution in [1.82, 2.24) is 9.99 Å². The van der Waals surface area contributed by atoms with Gasteiger partial charge < -0.3 is 4.57 Å². The highest BCUT2D eigenvalue weighted by molar-refractivity contribution is 7.16. The smallest absolute Gasteiger partial charge is 0.240 e. The van der Waals surface area contributed by atoms with E-state index in [1.807, 2.05) is 35.9 Å². The number of nitrogens with zero attached hydrogens (tertiary/aromatic N) is 2. The van der Waals surface area contributed by atoms with Crippen molar-refractivity contribution in [1.29, 1.82) is 0 Å². The summed E-state index contributed by atoms with van der Waals surface area (Å²) in [7, 11) is 1.94. The number of benzene rings is 1. The number of para-hydroxylation sites is 1. The first kappa shape index (κ1) is 12.6. The second-order valence-electron chi connectivity index (χ2n) is 3.89. The van der Waals surface area contributed by atoms with E-state index >= 15 is 0 Å². The van der Waals surface area contributed by atoms with Crippen LogP contribution in [0.2, 0.25) is 0 Å². The summed E-state index contributed by atoms with van der Waals surface area (Å²) >= 11 is 1.55. The number of carbonyl (C=O) groups excluding carboxylic acids is 1. The Balaban J connectivity index is 2.23. The first-order chi connectivity index (χ1) is 8.72. The molecule has 2 rings (SSSR count). The molecule has 1 heterocycles. The monoisotopic (exact) mass is 261 g/mol. The molecule has 0 atom stereocenters. The van der Waals surface area contributed by atoms with E-state index in [0.29, 0.717) is 12.8 Å². The molecule has 0 spiro atoms. The van der Waals surface area contributed by atoms with Gasteiger partial charge in [-0.15, -0.1) is 11.7 Å². The quantitative estimate of drug-likeness (QED) is 0.665. The van der Waals surface area contributed by atoms with Gasteiger partial charge in [-0.05, 0) is 18.6 Å². The lowest BCUT2D eigenvalue weighted by atomic mass is 10.3. The average Bonchev–Trinajstić information content (AvgIpc) is 2.71. The summed E-state index contributed by atoms with van der Waals surface area (Å²) < 4.78 is 3.12. The van der Waals surface area contributed by atoms with Crippen molar-refractivity contribution < 1.29 is 4.79 Å². The molecule has 18 heavy (non-hydrogen) atoms. The third kappa shape index (κ3) is 2.68. The number of allylic oxidation sites excluding steroid dienone is 1. The van der Waals surface area contributed by atoms with Gasteiger partial charge >= 0.3 is 0 Å². The molecule has 1 amide bonds. The van der Waals surface area contributed by atoms with Crippen LogP contribution in [0.4, 0.5) is 0 Å². The van der Waals surface area contributed by atoms with Crippen LogP contribution in [0.25, 0.3) is 10.2 Å². The number of nitrogens with one attached hydrogen (secondary N) is 1. The van der Waals surface area contributed by atoms with Gasteiger partial charge in [0.25, 0.3) is 0 Å². The molecule has 1 aromatic carbocycles. The Morgan fingerprint density at radius 2 is 2.33 bits per heavy atom. The molecule has 94 valence electrons. The normalized spacial score (nSPS) is 11.7. The fourth-order valence-electron chi connectivity index (χ4n) is 1.59. The lowest BCUT2D eigenvalue weighted by molar-refractivity contribution is -0.121. The van der Waals surface area contributed by atoms with Crippen molar-refractivity contribution >= 4 is 27.5 Å². The highest BCUT2D eigenvalue weighted by Gasteiger charge is 2.02. The molecule has 0 radical (unpaired) electrons. The number of amides is 1. The van der Waals surface area contributed by atoms with Crippen LogP contribution in [0.15, 0.2) is 42.0 Å². The van der Waals surface area contributed by atoms with Gasteiger partial charge in [0.15, 0.2) is 0 Å². The summed E-state index contributed by atoms with van der Waals surface area (Å²) in [5.74, 6) is -0.0904. The molecule has 0 saturated heterocycles. The molecular formula is C13H15N3OS. The van der Waals surface area contributed by atoms with Crippen LogP contribution < -0.4 is 10.2 Å². The van der Waals surface area contributed by atoms with E-state index in [2.05, 4.69) is 17.1 Å². The maximum atomic E-state index is 11.4. The number of thiazole rings is 1. The van der Waals surface area contributed by atoms with Crippen LogP contribution in [0.3, 0.4) is 0 Å². The summed E-state index contributed by atoms with van der Waals surface area (Å²) in [5, 5.41) is 4.14. The van der Waals surface area contributed by atoms with Crippen molar-refractivity contribution in [2.24, 2.45) is 12.1 Å². The Morgan fingerprint density at radius 1 is 1.56 bits per heavy atom. The molecule has 1 N–H and O–H groups in total. The topological polar surface area (TPSA) is 46.4 Å². The summed E-state index contributed by atoms with van der Waals surface area (Å²) in [5.41, 5.74) is 3.68.